The molecule has 1 atom stereocenters. The Morgan fingerprint density at radius 2 is 1.62 bits per heavy atom. The minimum absolute atomic E-state index is 0.272. The van der Waals surface area contributed by atoms with Crippen LogP contribution in [0.5, 0.6) is 11.5 Å². The van der Waals surface area contributed by atoms with Gasteiger partial charge in [0.25, 0.3) is 5.56 Å². The Morgan fingerprint density at radius 3 is 2.19 bits per heavy atom. The van der Waals surface area contributed by atoms with E-state index in [1.165, 1.54) is 26.0 Å². The van der Waals surface area contributed by atoms with E-state index in [-0.39, 0.29) is 11.2 Å². The van der Waals surface area contributed by atoms with E-state index in [2.05, 4.69) is 5.32 Å². The van der Waals surface area contributed by atoms with E-state index in [1.807, 2.05) is 30.3 Å². The summed E-state index contributed by atoms with van der Waals surface area (Å²) in [5.41, 5.74) is 1.82. The van der Waals surface area contributed by atoms with Gasteiger partial charge in [0.1, 0.15) is 17.2 Å². The zero-order valence-electron chi connectivity index (χ0n) is 19.0. The zero-order chi connectivity index (χ0) is 23.5. The summed E-state index contributed by atoms with van der Waals surface area (Å²) in [5, 5.41) is 3.13. The van der Waals surface area contributed by atoms with Crippen LogP contribution in [0.25, 0.3) is 5.69 Å². The van der Waals surface area contributed by atoms with Crippen LogP contribution in [0.4, 0.5) is 5.69 Å². The van der Waals surface area contributed by atoms with Crippen molar-refractivity contribution in [2.24, 2.45) is 7.05 Å². The van der Waals surface area contributed by atoms with Gasteiger partial charge in [-0.2, -0.15) is 0 Å². The standard InChI is InChI=1S/C22H28N3O6P/c1-15-20(22(26)25(24(15)2)16-10-8-7-9-11-16)23-21(32(27,30-5)31-6)18-13-12-17(28-3)14-19(18)29-4/h7-14,21,23H,1-6H3. The fourth-order valence-corrected chi connectivity index (χ4v) is 4.94. The summed E-state index contributed by atoms with van der Waals surface area (Å²) < 4.78 is 38.2. The van der Waals surface area contributed by atoms with E-state index in [9.17, 15) is 9.36 Å². The maximum absolute atomic E-state index is 13.6. The van der Waals surface area contributed by atoms with Crippen molar-refractivity contribution >= 4 is 13.3 Å². The highest BCUT2D eigenvalue weighted by atomic mass is 31.2. The van der Waals surface area contributed by atoms with Gasteiger partial charge in [-0.25, -0.2) is 4.68 Å². The van der Waals surface area contributed by atoms with Crippen LogP contribution >= 0.6 is 7.60 Å². The molecule has 9 nitrogen and oxygen atoms in total. The third-order valence-corrected chi connectivity index (χ3v) is 7.45. The summed E-state index contributed by atoms with van der Waals surface area (Å²) in [6.07, 6.45) is 0. The molecule has 0 aliphatic heterocycles. The van der Waals surface area contributed by atoms with E-state index >= 15 is 0 Å². The lowest BCUT2D eigenvalue weighted by molar-refractivity contribution is 0.267. The normalized spacial score (nSPS) is 12.4. The van der Waals surface area contributed by atoms with Crippen LogP contribution in [0.15, 0.2) is 53.3 Å². The fourth-order valence-electron chi connectivity index (χ4n) is 3.53. The van der Waals surface area contributed by atoms with Gasteiger partial charge < -0.3 is 23.8 Å². The number of nitrogens with one attached hydrogen (secondary N) is 1. The maximum Gasteiger partial charge on any atom is 0.356 e. The molecule has 32 heavy (non-hydrogen) atoms. The number of aromatic nitrogens is 2. The van der Waals surface area contributed by atoms with Crippen LogP contribution in [0, 0.1) is 6.92 Å². The predicted octanol–water partition coefficient (Wildman–Crippen LogP) is 4.10. The van der Waals surface area contributed by atoms with Gasteiger partial charge in [0.2, 0.25) is 0 Å². The first-order valence-corrected chi connectivity index (χ1v) is 11.5. The number of hydrogen-bond acceptors (Lipinski definition) is 7. The van der Waals surface area contributed by atoms with Crippen molar-refractivity contribution in [2.75, 3.05) is 33.8 Å². The monoisotopic (exact) mass is 461 g/mol. The number of benzene rings is 2. The fraction of sp³-hybridized carbons (Fsp3) is 0.318. The van der Waals surface area contributed by atoms with Gasteiger partial charge in [0, 0.05) is 32.9 Å². The highest BCUT2D eigenvalue weighted by Crippen LogP contribution is 2.61. The van der Waals surface area contributed by atoms with Gasteiger partial charge in [-0.3, -0.25) is 14.0 Å². The van der Waals surface area contributed by atoms with Gasteiger partial charge >= 0.3 is 7.60 Å². The molecular formula is C22H28N3O6P. The first-order chi connectivity index (χ1) is 15.3. The molecular weight excluding hydrogens is 433 g/mol. The van der Waals surface area contributed by atoms with Gasteiger partial charge in [-0.1, -0.05) is 18.2 Å². The van der Waals surface area contributed by atoms with E-state index in [4.69, 9.17) is 18.5 Å². The molecule has 1 aromatic heterocycles. The number of ether oxygens (including phenoxy) is 2. The number of methoxy groups -OCH3 is 2. The molecule has 2 aromatic carbocycles. The third kappa shape index (κ3) is 4.19. The van der Waals surface area contributed by atoms with Gasteiger partial charge in [0.05, 0.1) is 25.6 Å². The molecule has 3 rings (SSSR count). The number of rotatable bonds is 9. The summed E-state index contributed by atoms with van der Waals surface area (Å²) in [7, 11) is 3.67. The molecule has 0 aliphatic rings. The third-order valence-electron chi connectivity index (χ3n) is 5.40. The molecule has 0 saturated heterocycles. The Bertz CT molecular complexity index is 1180. The average molecular weight is 461 g/mol. The van der Waals surface area contributed by atoms with Gasteiger partial charge in [-0.05, 0) is 31.2 Å². The predicted molar refractivity (Wildman–Crippen MR) is 123 cm³/mol. The van der Waals surface area contributed by atoms with Crippen molar-refractivity contribution < 1.29 is 23.1 Å². The van der Waals surface area contributed by atoms with Crippen molar-refractivity contribution in [1.82, 2.24) is 9.36 Å². The summed E-state index contributed by atoms with van der Waals surface area (Å²) in [5.74, 6) is -0.0409. The highest BCUT2D eigenvalue weighted by Gasteiger charge is 2.39. The molecule has 0 saturated carbocycles. The first-order valence-electron chi connectivity index (χ1n) is 9.85. The largest absolute Gasteiger partial charge is 0.497 e. The second kappa shape index (κ2) is 9.65. The van der Waals surface area contributed by atoms with Crippen molar-refractivity contribution in [1.29, 1.82) is 0 Å². The topological polar surface area (TPSA) is 93.0 Å². The van der Waals surface area contributed by atoms with Gasteiger partial charge in [-0.15, -0.1) is 0 Å². The molecule has 0 fully saturated rings. The summed E-state index contributed by atoms with van der Waals surface area (Å²) in [6.45, 7) is 1.80. The molecule has 1 unspecified atom stereocenters. The van der Waals surface area contributed by atoms with E-state index < -0.39 is 13.4 Å². The molecule has 0 bridgehead atoms. The molecule has 10 heteroatoms. The number of anilines is 1. The van der Waals surface area contributed by atoms with E-state index in [0.29, 0.717) is 28.4 Å². The Morgan fingerprint density at radius 1 is 0.969 bits per heavy atom. The summed E-state index contributed by atoms with van der Waals surface area (Å²) in [6, 6.07) is 14.3. The van der Waals surface area contributed by atoms with E-state index in [1.54, 1.807) is 44.0 Å². The van der Waals surface area contributed by atoms with Gasteiger partial charge in [0.15, 0.2) is 5.78 Å². The number of nitrogens with zero attached hydrogens (tertiary/aromatic N) is 2. The molecule has 3 aromatic rings. The quantitative estimate of drug-likeness (QED) is 0.480. The lowest BCUT2D eigenvalue weighted by atomic mass is 10.1. The smallest absolute Gasteiger partial charge is 0.356 e. The molecule has 0 aliphatic carbocycles. The number of hydrogen-bond donors (Lipinski definition) is 1. The van der Waals surface area contributed by atoms with Crippen LogP contribution in [0.2, 0.25) is 0 Å². The van der Waals surface area contributed by atoms with Crippen molar-refractivity contribution in [3.05, 3.63) is 70.1 Å². The SMILES string of the molecule is COc1ccc(C(Nc2c(C)n(C)n(-c3ccccc3)c2=O)P(=O)(OC)OC)c(OC)c1. The summed E-state index contributed by atoms with van der Waals surface area (Å²) in [4.78, 5) is 13.4. The Labute approximate surface area is 187 Å². The molecule has 0 amide bonds. The van der Waals surface area contributed by atoms with Crippen LogP contribution in [0.1, 0.15) is 17.0 Å². The minimum Gasteiger partial charge on any atom is -0.497 e. The minimum atomic E-state index is -3.75. The van der Waals surface area contributed by atoms with E-state index in [0.717, 1.165) is 0 Å². The first kappa shape index (κ1) is 23.7. The molecule has 0 spiro atoms. The van der Waals surface area contributed by atoms with Crippen LogP contribution in [-0.2, 0) is 20.7 Å². The average Bonchev–Trinajstić information content (AvgIpc) is 3.04. The second-order valence-electron chi connectivity index (χ2n) is 7.00. The highest BCUT2D eigenvalue weighted by molar-refractivity contribution is 7.54. The van der Waals surface area contributed by atoms with Crippen molar-refractivity contribution in [3.8, 4) is 17.2 Å². The maximum atomic E-state index is 13.6. The van der Waals surface area contributed by atoms with Crippen LogP contribution < -0.4 is 20.3 Å². The zero-order valence-corrected chi connectivity index (χ0v) is 19.9. The lowest BCUT2D eigenvalue weighted by Gasteiger charge is -2.27. The lowest BCUT2D eigenvalue weighted by Crippen LogP contribution is -2.23. The van der Waals surface area contributed by atoms with Crippen LogP contribution in [-0.4, -0.2) is 37.8 Å². The molecule has 1 N–H and O–H groups in total. The molecule has 1 heterocycles. The second-order valence-corrected chi connectivity index (χ2v) is 9.32. The Hall–Kier alpha value is -3.00. The molecule has 172 valence electrons. The molecule has 0 radical (unpaired) electrons. The summed E-state index contributed by atoms with van der Waals surface area (Å²) >= 11 is 0. The Kier molecular flexibility index (Phi) is 7.13. The number of para-hydroxylation sites is 1. The van der Waals surface area contributed by atoms with Crippen molar-refractivity contribution in [3.63, 3.8) is 0 Å². The van der Waals surface area contributed by atoms with Crippen LogP contribution in [0.3, 0.4) is 0 Å². The van der Waals surface area contributed by atoms with Crippen molar-refractivity contribution in [2.45, 2.75) is 12.7 Å². The Balaban J connectivity index is 2.18.